The summed E-state index contributed by atoms with van der Waals surface area (Å²) >= 11 is 3.25. The Morgan fingerprint density at radius 3 is 2.32 bits per heavy atom. The molecule has 0 saturated heterocycles. The average Bonchev–Trinajstić information content (AvgIpc) is 2.36. The van der Waals surface area contributed by atoms with Crippen LogP contribution < -0.4 is 0 Å². The van der Waals surface area contributed by atoms with E-state index in [2.05, 4.69) is 15.9 Å². The molecule has 1 nitrogen and oxygen atoms in total. The molecular formula is C14H8BrF3O. The van der Waals surface area contributed by atoms with Crippen molar-refractivity contribution in [1.29, 1.82) is 0 Å². The molecule has 0 atom stereocenters. The van der Waals surface area contributed by atoms with E-state index in [4.69, 9.17) is 0 Å². The molecule has 5 heteroatoms. The summed E-state index contributed by atoms with van der Waals surface area (Å²) in [4.78, 5) is 12.2. The maximum Gasteiger partial charge on any atom is 0.196 e. The maximum absolute atomic E-state index is 13.6. The van der Waals surface area contributed by atoms with Gasteiger partial charge < -0.3 is 0 Å². The number of ketones is 1. The molecule has 0 radical (unpaired) electrons. The number of halogens is 4. The molecule has 0 fully saturated rings. The molecule has 0 aliphatic carbocycles. The molecule has 0 spiro atoms. The molecule has 19 heavy (non-hydrogen) atoms. The van der Waals surface area contributed by atoms with Crippen LogP contribution in [0, 0.1) is 24.4 Å². The number of hydrogen-bond acceptors (Lipinski definition) is 1. The molecule has 2 aromatic rings. The monoisotopic (exact) mass is 328 g/mol. The molecule has 0 bridgehead atoms. The fraction of sp³-hybridized carbons (Fsp3) is 0.0714. The molecule has 0 N–H and O–H groups in total. The van der Waals surface area contributed by atoms with Crippen LogP contribution in [0.25, 0.3) is 0 Å². The lowest BCUT2D eigenvalue weighted by Gasteiger charge is -2.08. The third-order valence-corrected chi connectivity index (χ3v) is 3.63. The summed E-state index contributed by atoms with van der Waals surface area (Å²) in [6, 6.07) is 5.79. The Hall–Kier alpha value is -1.62. The number of carbonyl (C=O) groups excluding carboxylic acids is 1. The molecule has 98 valence electrons. The van der Waals surface area contributed by atoms with Gasteiger partial charge in [-0.1, -0.05) is 28.1 Å². The zero-order chi connectivity index (χ0) is 14.2. The summed E-state index contributed by atoms with van der Waals surface area (Å²) in [6.45, 7) is 1.68. The van der Waals surface area contributed by atoms with Gasteiger partial charge in [0.05, 0.1) is 5.56 Å². The Labute approximate surface area is 116 Å². The van der Waals surface area contributed by atoms with Gasteiger partial charge in [0.25, 0.3) is 0 Å². The summed E-state index contributed by atoms with van der Waals surface area (Å²) in [5.74, 6) is -4.34. The van der Waals surface area contributed by atoms with Crippen molar-refractivity contribution in [2.75, 3.05) is 0 Å². The minimum absolute atomic E-state index is 0.235. The van der Waals surface area contributed by atoms with Crippen LogP contribution in [0.5, 0.6) is 0 Å². The lowest BCUT2D eigenvalue weighted by atomic mass is 9.98. The number of rotatable bonds is 2. The molecule has 0 amide bonds. The fourth-order valence-corrected chi connectivity index (χ4v) is 2.06. The van der Waals surface area contributed by atoms with Gasteiger partial charge in [0, 0.05) is 16.1 Å². The Balaban J connectivity index is 2.56. The predicted molar refractivity (Wildman–Crippen MR) is 68.6 cm³/mol. The van der Waals surface area contributed by atoms with Gasteiger partial charge in [-0.25, -0.2) is 13.2 Å². The minimum atomic E-state index is -1.32. The third kappa shape index (κ3) is 2.56. The fourth-order valence-electron chi connectivity index (χ4n) is 1.70. The van der Waals surface area contributed by atoms with E-state index < -0.39 is 28.8 Å². The van der Waals surface area contributed by atoms with Gasteiger partial charge in [0.1, 0.15) is 5.82 Å². The largest absolute Gasteiger partial charge is 0.288 e. The summed E-state index contributed by atoms with van der Waals surface area (Å²) in [5.41, 5.74) is 0.357. The van der Waals surface area contributed by atoms with Crippen molar-refractivity contribution in [3.8, 4) is 0 Å². The maximum atomic E-state index is 13.6. The number of carbonyl (C=O) groups is 1. The lowest BCUT2D eigenvalue weighted by Crippen LogP contribution is -2.08. The van der Waals surface area contributed by atoms with Crippen molar-refractivity contribution in [2.24, 2.45) is 0 Å². The first kappa shape index (κ1) is 13.8. The van der Waals surface area contributed by atoms with Crippen molar-refractivity contribution < 1.29 is 18.0 Å². The van der Waals surface area contributed by atoms with Crippen molar-refractivity contribution in [3.05, 3.63) is 68.9 Å². The van der Waals surface area contributed by atoms with Crippen LogP contribution >= 0.6 is 15.9 Å². The highest BCUT2D eigenvalue weighted by molar-refractivity contribution is 9.10. The molecule has 0 aliphatic rings. The summed E-state index contributed by atoms with van der Waals surface area (Å²) in [5, 5.41) is 0. The zero-order valence-corrected chi connectivity index (χ0v) is 11.4. The van der Waals surface area contributed by atoms with Gasteiger partial charge in [-0.2, -0.15) is 0 Å². The van der Waals surface area contributed by atoms with E-state index in [1.54, 1.807) is 19.1 Å². The quantitative estimate of drug-likeness (QED) is 0.589. The topological polar surface area (TPSA) is 17.1 Å². The first-order valence-corrected chi connectivity index (χ1v) is 6.15. The highest BCUT2D eigenvalue weighted by atomic mass is 79.9. The Morgan fingerprint density at radius 2 is 1.63 bits per heavy atom. The van der Waals surface area contributed by atoms with Gasteiger partial charge >= 0.3 is 0 Å². The smallest absolute Gasteiger partial charge is 0.196 e. The van der Waals surface area contributed by atoms with Crippen LogP contribution in [0.3, 0.4) is 0 Å². The second-order valence-corrected chi connectivity index (χ2v) is 4.84. The third-order valence-electron chi connectivity index (χ3n) is 2.77. The van der Waals surface area contributed by atoms with E-state index >= 15 is 0 Å². The van der Waals surface area contributed by atoms with E-state index in [0.717, 1.165) is 0 Å². The predicted octanol–water partition coefficient (Wildman–Crippen LogP) is 4.41. The van der Waals surface area contributed by atoms with E-state index in [0.29, 0.717) is 22.2 Å². The van der Waals surface area contributed by atoms with Crippen molar-refractivity contribution >= 4 is 21.7 Å². The lowest BCUT2D eigenvalue weighted by molar-refractivity contribution is 0.103. The van der Waals surface area contributed by atoms with Crippen LogP contribution in [0.15, 0.2) is 34.8 Å². The molecule has 2 aromatic carbocycles. The molecule has 0 aliphatic heterocycles. The Kier molecular flexibility index (Phi) is 3.75. The Morgan fingerprint density at radius 1 is 1.00 bits per heavy atom. The van der Waals surface area contributed by atoms with Gasteiger partial charge in [-0.05, 0) is 24.6 Å². The highest BCUT2D eigenvalue weighted by Crippen LogP contribution is 2.24. The van der Waals surface area contributed by atoms with Crippen LogP contribution in [-0.4, -0.2) is 5.78 Å². The molecule has 0 unspecified atom stereocenters. The van der Waals surface area contributed by atoms with E-state index in [9.17, 15) is 18.0 Å². The van der Waals surface area contributed by atoms with Crippen LogP contribution in [-0.2, 0) is 0 Å². The highest BCUT2D eigenvalue weighted by Gasteiger charge is 2.19. The minimum Gasteiger partial charge on any atom is -0.288 e. The SMILES string of the molecule is Cc1c(Br)cccc1C(=O)c1cc(F)c(F)cc1F. The summed E-state index contributed by atoms with van der Waals surface area (Å²) in [6.07, 6.45) is 0. The summed E-state index contributed by atoms with van der Waals surface area (Å²) < 4.78 is 40.2. The van der Waals surface area contributed by atoms with Crippen molar-refractivity contribution in [3.63, 3.8) is 0 Å². The van der Waals surface area contributed by atoms with Crippen molar-refractivity contribution in [2.45, 2.75) is 6.92 Å². The van der Waals surface area contributed by atoms with Crippen LogP contribution in [0.2, 0.25) is 0 Å². The molecular weight excluding hydrogens is 321 g/mol. The number of benzene rings is 2. The zero-order valence-electron chi connectivity index (χ0n) is 9.81. The number of hydrogen-bond donors (Lipinski definition) is 0. The van der Waals surface area contributed by atoms with E-state index in [1.807, 2.05) is 0 Å². The average molecular weight is 329 g/mol. The first-order chi connectivity index (χ1) is 8.91. The van der Waals surface area contributed by atoms with E-state index in [-0.39, 0.29) is 5.56 Å². The van der Waals surface area contributed by atoms with Crippen molar-refractivity contribution in [1.82, 2.24) is 0 Å². The van der Waals surface area contributed by atoms with Gasteiger partial charge in [0.2, 0.25) is 0 Å². The molecule has 0 aromatic heterocycles. The standard InChI is InChI=1S/C14H8BrF3O/c1-7-8(3-2-4-10(7)15)14(19)9-5-12(17)13(18)6-11(9)16/h2-6H,1H3. The molecule has 0 saturated carbocycles. The van der Waals surface area contributed by atoms with Crippen LogP contribution in [0.1, 0.15) is 21.5 Å². The first-order valence-electron chi connectivity index (χ1n) is 5.36. The van der Waals surface area contributed by atoms with E-state index in [1.165, 1.54) is 6.07 Å². The molecule has 0 heterocycles. The second-order valence-electron chi connectivity index (χ2n) is 3.99. The second kappa shape index (κ2) is 5.17. The Bertz CT molecular complexity index is 668. The summed E-state index contributed by atoms with van der Waals surface area (Å²) in [7, 11) is 0. The van der Waals surface area contributed by atoms with Gasteiger partial charge in [-0.3, -0.25) is 4.79 Å². The normalized spacial score (nSPS) is 10.6. The molecule has 2 rings (SSSR count). The van der Waals surface area contributed by atoms with Gasteiger partial charge in [-0.15, -0.1) is 0 Å². The van der Waals surface area contributed by atoms with Crippen LogP contribution in [0.4, 0.5) is 13.2 Å². The van der Waals surface area contributed by atoms with Gasteiger partial charge in [0.15, 0.2) is 17.4 Å².